The van der Waals surface area contributed by atoms with Crippen molar-refractivity contribution in [3.63, 3.8) is 0 Å². The van der Waals surface area contributed by atoms with Crippen molar-refractivity contribution in [2.24, 2.45) is 5.92 Å². The Morgan fingerprint density at radius 3 is 1.41 bits per heavy atom. The van der Waals surface area contributed by atoms with Crippen molar-refractivity contribution < 1.29 is 116 Å². The number of halogens is 18. The number of alkyl carbamates (subject to hydrolysis) is 1. The van der Waals surface area contributed by atoms with Crippen molar-refractivity contribution in [1.29, 1.82) is 0 Å². The normalized spacial score (nSPS) is 14.6. The molecule has 0 radical (unpaired) electrons. The predicted molar refractivity (Wildman–Crippen MR) is 173 cm³/mol. The predicted octanol–water partition coefficient (Wildman–Crippen LogP) is 10.5. The van der Waals surface area contributed by atoms with Crippen LogP contribution < -0.4 is 14.8 Å². The average molecular weight is 953 g/mol. The highest BCUT2D eigenvalue weighted by atomic mass is 28.4. The Kier molecular flexibility index (Phi) is 18.4. The van der Waals surface area contributed by atoms with Crippen molar-refractivity contribution in [2.75, 3.05) is 41.1 Å². The topological polar surface area (TPSA) is 128 Å². The summed E-state index contributed by atoms with van der Waals surface area (Å²) in [4.78, 5) is 23.7. The third kappa shape index (κ3) is 12.5. The lowest BCUT2D eigenvalue weighted by Crippen LogP contribution is -2.60. The molecule has 11 nitrogen and oxygen atoms in total. The molecule has 0 spiro atoms. The van der Waals surface area contributed by atoms with Crippen molar-refractivity contribution >= 4 is 20.6 Å². The molecule has 1 aromatic rings. The third-order valence-electron chi connectivity index (χ3n) is 8.50. The number of ether oxygens (including phenoxy) is 3. The smallest absolute Gasteiger partial charge is 0.490 e. The summed E-state index contributed by atoms with van der Waals surface area (Å²) in [5.74, 6) is -43.7. The van der Waals surface area contributed by atoms with Crippen molar-refractivity contribution in [1.82, 2.24) is 5.32 Å². The monoisotopic (exact) mass is 952 g/mol. The van der Waals surface area contributed by atoms with E-state index in [4.69, 9.17) is 27.5 Å². The van der Waals surface area contributed by atoms with E-state index in [1.54, 1.807) is 0 Å². The second kappa shape index (κ2) is 20.2. The minimum absolute atomic E-state index is 0.144. The van der Waals surface area contributed by atoms with Crippen molar-refractivity contribution in [3.8, 4) is 11.5 Å². The van der Waals surface area contributed by atoms with Crippen LogP contribution in [0.15, 0.2) is 12.1 Å². The number of benzene rings is 1. The number of rotatable bonds is 25. The molecule has 0 aliphatic carbocycles. The Morgan fingerprint density at radius 2 is 1.07 bits per heavy atom. The zero-order valence-corrected chi connectivity index (χ0v) is 33.1. The molecule has 0 aliphatic rings. The molecule has 0 aliphatic heterocycles. The highest BCUT2D eigenvalue weighted by Crippen LogP contribution is 2.56. The van der Waals surface area contributed by atoms with Crippen LogP contribution in [0.4, 0.5) is 89.5 Å². The van der Waals surface area contributed by atoms with Crippen LogP contribution in [0.3, 0.4) is 0 Å². The van der Waals surface area contributed by atoms with Gasteiger partial charge in [0.1, 0.15) is 6.10 Å². The van der Waals surface area contributed by atoms with Gasteiger partial charge >= 0.3 is 62.8 Å². The van der Waals surface area contributed by atoms with Crippen LogP contribution in [0.5, 0.6) is 11.5 Å². The average Bonchev–Trinajstić information content (AvgIpc) is 3.13. The summed E-state index contributed by atoms with van der Waals surface area (Å²) in [5.41, 5.74) is -1.74. The molecule has 0 aromatic heterocycles. The molecule has 0 bridgehead atoms. The number of nitrogens with zero attached hydrogens (tertiary/aromatic N) is 1. The lowest BCUT2D eigenvalue weighted by atomic mass is 9.96. The zero-order chi connectivity index (χ0) is 47.8. The molecule has 1 rings (SSSR count). The van der Waals surface area contributed by atoms with E-state index < -0.39 is 141 Å². The number of amides is 1. The third-order valence-corrected chi connectivity index (χ3v) is 11.3. The molecule has 61 heavy (non-hydrogen) atoms. The van der Waals surface area contributed by atoms with E-state index >= 15 is 0 Å². The van der Waals surface area contributed by atoms with Crippen LogP contribution in [0.1, 0.15) is 57.6 Å². The number of carbonyl (C=O) groups excluding carboxylic acids is 1. The number of hydrogen-bond acceptors (Lipinski definition) is 9. The maximum Gasteiger partial charge on any atom is 0.500 e. The Bertz CT molecular complexity index is 1600. The Balaban J connectivity index is 3.55. The fourth-order valence-corrected chi connectivity index (χ4v) is 6.75. The van der Waals surface area contributed by atoms with Gasteiger partial charge in [-0.15, -0.1) is 0 Å². The molecule has 1 aromatic carbocycles. The summed E-state index contributed by atoms with van der Waals surface area (Å²) >= 11 is 0. The summed E-state index contributed by atoms with van der Waals surface area (Å²) in [7, 11) is 0.792. The lowest BCUT2D eigenvalue weighted by Gasteiger charge is -2.33. The fraction of sp³-hybridized carbons (Fsp3) is 0.774. The highest BCUT2D eigenvalue weighted by molar-refractivity contribution is 6.60. The van der Waals surface area contributed by atoms with Gasteiger partial charge in [-0.25, -0.2) is 4.79 Å². The summed E-state index contributed by atoms with van der Waals surface area (Å²) in [6, 6.07) is 1.06. The van der Waals surface area contributed by atoms with Gasteiger partial charge in [0.05, 0.1) is 29.8 Å². The van der Waals surface area contributed by atoms with Gasteiger partial charge in [-0.2, -0.15) is 79.0 Å². The van der Waals surface area contributed by atoms with Gasteiger partial charge in [0, 0.05) is 46.8 Å². The van der Waals surface area contributed by atoms with E-state index in [1.165, 1.54) is 35.2 Å². The van der Waals surface area contributed by atoms with Gasteiger partial charge in [-0.3, -0.25) is 10.1 Å². The molecule has 356 valence electrons. The molecular weight excluding hydrogens is 914 g/mol. The second-order valence-electron chi connectivity index (χ2n) is 13.1. The first-order chi connectivity index (χ1) is 27.5. The molecule has 1 amide bonds. The summed E-state index contributed by atoms with van der Waals surface area (Å²) in [5, 5.41) is 14.4. The maximum absolute atomic E-state index is 14.1. The van der Waals surface area contributed by atoms with E-state index in [1.807, 2.05) is 0 Å². The number of carbonyl (C=O) groups is 1. The van der Waals surface area contributed by atoms with Crippen LogP contribution in [0.25, 0.3) is 0 Å². The van der Waals surface area contributed by atoms with Crippen LogP contribution >= 0.6 is 0 Å². The molecule has 0 fully saturated rings. The number of hydrogen-bond donors (Lipinski definition) is 1. The van der Waals surface area contributed by atoms with Gasteiger partial charge in [-0.1, -0.05) is 13.8 Å². The molecular formula is C31H38F18N2O9Si. The quantitative estimate of drug-likeness (QED) is 0.0335. The van der Waals surface area contributed by atoms with Gasteiger partial charge < -0.3 is 32.8 Å². The van der Waals surface area contributed by atoms with Crippen LogP contribution in [-0.2, 0) is 18.0 Å². The number of nitrogens with one attached hydrogen (secondary N) is 1. The molecule has 1 atom stereocenters. The zero-order valence-electron chi connectivity index (χ0n) is 32.1. The van der Waals surface area contributed by atoms with Crippen LogP contribution in [-0.4, -0.2) is 109 Å². The van der Waals surface area contributed by atoms with E-state index in [0.29, 0.717) is 12.1 Å². The minimum atomic E-state index is -7.25. The molecule has 0 saturated heterocycles. The van der Waals surface area contributed by atoms with Gasteiger partial charge in [0.2, 0.25) is 0 Å². The highest BCUT2D eigenvalue weighted by Gasteiger charge is 2.82. The van der Waals surface area contributed by atoms with Gasteiger partial charge in [0.25, 0.3) is 5.69 Å². The number of nitro benzene ring substituents is 1. The second-order valence-corrected chi connectivity index (χ2v) is 16.2. The van der Waals surface area contributed by atoms with Crippen LogP contribution in [0.2, 0.25) is 6.04 Å². The number of nitro groups is 1. The van der Waals surface area contributed by atoms with E-state index in [0.717, 1.165) is 0 Å². The van der Waals surface area contributed by atoms with E-state index in [2.05, 4.69) is 5.32 Å². The minimum Gasteiger partial charge on any atom is -0.490 e. The molecule has 1 unspecified atom stereocenters. The SMILES string of the molecule is CO[Si](CCCNC(=O)OC(c1cc(OCCCC(F)(F)C(F)(F)C(F)(F)C(F)(F)F)c(OCCCC(F)(F)C(F)(F)C(F)(F)C(F)(F)F)cc1[N+](=O)[O-])C(C)C)(OC)OC. The Morgan fingerprint density at radius 1 is 0.672 bits per heavy atom. The standard InChI is InChI=1S/C31H38F18N2O9Si/c1-17(2)22(60-23(52)50-11-8-14-61(55-3,56-4)57-5)18-15-20(58-12-6-9-24(32,33)26(36,37)28(40,41)30(44,45)46)21(16-19(18)51(53)54)59-13-7-10-25(34,35)27(38,39)29(42,43)31(47,48)49/h15-17,22H,6-14H2,1-5H3,(H,50,52). The van der Waals surface area contributed by atoms with Gasteiger partial charge in [0.15, 0.2) is 11.5 Å². The number of alkyl halides is 18. The first-order valence-corrected chi connectivity index (χ1v) is 19.0. The van der Waals surface area contributed by atoms with Gasteiger partial charge in [-0.05, 0) is 31.2 Å². The molecule has 0 heterocycles. The first-order valence-electron chi connectivity index (χ1n) is 17.1. The molecule has 1 N–H and O–H groups in total. The summed E-state index contributed by atoms with van der Waals surface area (Å²) in [6.45, 7) is -0.260. The van der Waals surface area contributed by atoms with Crippen molar-refractivity contribution in [2.45, 2.75) is 106 Å². The maximum atomic E-state index is 14.1. The summed E-state index contributed by atoms with van der Waals surface area (Å²) in [6.07, 6.45) is -25.0. The van der Waals surface area contributed by atoms with E-state index in [-0.39, 0.29) is 19.0 Å². The molecule has 30 heteroatoms. The Hall–Kier alpha value is -3.67. The van der Waals surface area contributed by atoms with Crippen LogP contribution in [0, 0.1) is 16.0 Å². The summed E-state index contributed by atoms with van der Waals surface area (Å²) < 4.78 is 270. The fourth-order valence-electron chi connectivity index (χ4n) is 5.03. The first kappa shape index (κ1) is 55.3. The van der Waals surface area contributed by atoms with Crippen molar-refractivity contribution in [3.05, 3.63) is 27.8 Å². The van der Waals surface area contributed by atoms with E-state index in [9.17, 15) is 93.9 Å². The molecule has 0 saturated carbocycles. The lowest BCUT2D eigenvalue weighted by molar-refractivity contribution is -0.396. The Labute approximate surface area is 334 Å². The largest absolute Gasteiger partial charge is 0.500 e.